The highest BCUT2D eigenvalue weighted by atomic mass is 16.5. The van der Waals surface area contributed by atoms with E-state index in [4.69, 9.17) is 4.74 Å². The Balaban J connectivity index is 2.02. The quantitative estimate of drug-likeness (QED) is 0.836. The molecule has 1 heterocycles. The zero-order valence-electron chi connectivity index (χ0n) is 12.1. The summed E-state index contributed by atoms with van der Waals surface area (Å²) >= 11 is 0. The van der Waals surface area contributed by atoms with E-state index in [1.165, 1.54) is 5.56 Å². The van der Waals surface area contributed by atoms with Crippen LogP contribution in [0.5, 0.6) is 0 Å². The van der Waals surface area contributed by atoms with Crippen LogP contribution < -0.4 is 0 Å². The monoisotopic (exact) mass is 261 g/mol. The second kappa shape index (κ2) is 5.74. The molecular formula is C16H23NO2. The molecule has 1 aliphatic rings. The number of carbonyl (C=O) groups is 1. The molecule has 1 aromatic rings. The van der Waals surface area contributed by atoms with E-state index in [-0.39, 0.29) is 17.4 Å². The highest BCUT2D eigenvalue weighted by Crippen LogP contribution is 2.22. The van der Waals surface area contributed by atoms with Crippen LogP contribution in [0.2, 0.25) is 0 Å². The number of nitrogens with zero attached hydrogens (tertiary/aromatic N) is 1. The first-order valence-corrected chi connectivity index (χ1v) is 6.94. The van der Waals surface area contributed by atoms with Gasteiger partial charge in [0, 0.05) is 12.5 Å². The van der Waals surface area contributed by atoms with Crippen molar-refractivity contribution in [1.29, 1.82) is 0 Å². The van der Waals surface area contributed by atoms with Gasteiger partial charge in [0.15, 0.2) is 0 Å². The number of amides is 1. The van der Waals surface area contributed by atoms with E-state index in [9.17, 15) is 4.79 Å². The molecule has 1 fully saturated rings. The number of hydrogen-bond acceptors (Lipinski definition) is 2. The summed E-state index contributed by atoms with van der Waals surface area (Å²) < 4.78 is 5.47. The van der Waals surface area contributed by atoms with Crippen LogP contribution in [-0.2, 0) is 16.0 Å². The molecular weight excluding hydrogens is 238 g/mol. The maximum absolute atomic E-state index is 12.6. The Morgan fingerprint density at radius 1 is 1.37 bits per heavy atom. The van der Waals surface area contributed by atoms with Crippen molar-refractivity contribution in [3.05, 3.63) is 35.9 Å². The van der Waals surface area contributed by atoms with E-state index in [0.29, 0.717) is 19.8 Å². The van der Waals surface area contributed by atoms with Gasteiger partial charge in [0.25, 0.3) is 0 Å². The second-order valence-electron chi connectivity index (χ2n) is 5.95. The lowest BCUT2D eigenvalue weighted by atomic mass is 9.95. The molecule has 3 nitrogen and oxygen atoms in total. The molecule has 1 saturated heterocycles. The predicted molar refractivity (Wildman–Crippen MR) is 75.9 cm³/mol. The SMILES string of the molecule is CC(Cc1ccccc1)C(=O)N1CCOCC1(C)C. The van der Waals surface area contributed by atoms with E-state index < -0.39 is 0 Å². The Morgan fingerprint density at radius 2 is 2.05 bits per heavy atom. The Morgan fingerprint density at radius 3 is 2.68 bits per heavy atom. The standard InChI is InChI=1S/C16H23NO2/c1-13(11-14-7-5-4-6-8-14)15(18)17-9-10-19-12-16(17,2)3/h4-8,13H,9-12H2,1-3H3. The molecule has 19 heavy (non-hydrogen) atoms. The first kappa shape index (κ1) is 14.1. The number of benzene rings is 1. The predicted octanol–water partition coefficient (Wildman–Crippen LogP) is 2.50. The number of rotatable bonds is 3. The Kier molecular flexibility index (Phi) is 4.25. The van der Waals surface area contributed by atoms with Crippen LogP contribution >= 0.6 is 0 Å². The zero-order valence-corrected chi connectivity index (χ0v) is 12.1. The molecule has 0 spiro atoms. The Bertz CT molecular complexity index is 428. The Labute approximate surface area is 115 Å². The first-order valence-electron chi connectivity index (χ1n) is 6.94. The van der Waals surface area contributed by atoms with Gasteiger partial charge in [-0.15, -0.1) is 0 Å². The molecule has 1 amide bonds. The van der Waals surface area contributed by atoms with Crippen molar-refractivity contribution < 1.29 is 9.53 Å². The largest absolute Gasteiger partial charge is 0.377 e. The number of hydrogen-bond donors (Lipinski definition) is 0. The molecule has 3 heteroatoms. The molecule has 0 aliphatic carbocycles. The molecule has 2 rings (SSSR count). The molecule has 0 radical (unpaired) electrons. The average Bonchev–Trinajstić information content (AvgIpc) is 2.38. The van der Waals surface area contributed by atoms with Gasteiger partial charge in [-0.3, -0.25) is 4.79 Å². The van der Waals surface area contributed by atoms with Crippen molar-refractivity contribution in [2.45, 2.75) is 32.7 Å². The van der Waals surface area contributed by atoms with Gasteiger partial charge >= 0.3 is 0 Å². The van der Waals surface area contributed by atoms with Gasteiger partial charge in [-0.2, -0.15) is 0 Å². The van der Waals surface area contributed by atoms with E-state index in [1.807, 2.05) is 30.0 Å². The fraction of sp³-hybridized carbons (Fsp3) is 0.562. The molecule has 1 unspecified atom stereocenters. The number of morpholine rings is 1. The van der Waals surface area contributed by atoms with Gasteiger partial charge in [-0.25, -0.2) is 0 Å². The first-order chi connectivity index (χ1) is 9.00. The Hall–Kier alpha value is -1.35. The van der Waals surface area contributed by atoms with E-state index in [1.54, 1.807) is 0 Å². The van der Waals surface area contributed by atoms with Gasteiger partial charge in [-0.05, 0) is 25.8 Å². The maximum Gasteiger partial charge on any atom is 0.226 e. The summed E-state index contributed by atoms with van der Waals surface area (Å²) in [7, 11) is 0. The number of ether oxygens (including phenoxy) is 1. The molecule has 0 aromatic heterocycles. The van der Waals surface area contributed by atoms with Crippen LogP contribution in [0.4, 0.5) is 0 Å². The third-order valence-electron chi connectivity index (χ3n) is 3.72. The van der Waals surface area contributed by atoms with Crippen LogP contribution in [-0.4, -0.2) is 36.1 Å². The fourth-order valence-corrected chi connectivity index (χ4v) is 2.59. The third kappa shape index (κ3) is 3.35. The summed E-state index contributed by atoms with van der Waals surface area (Å²) in [5.41, 5.74) is 1.02. The van der Waals surface area contributed by atoms with Crippen molar-refractivity contribution in [2.75, 3.05) is 19.8 Å². The van der Waals surface area contributed by atoms with Crippen LogP contribution in [0, 0.1) is 5.92 Å². The van der Waals surface area contributed by atoms with Crippen LogP contribution in [0.15, 0.2) is 30.3 Å². The molecule has 0 bridgehead atoms. The van der Waals surface area contributed by atoms with Gasteiger partial charge in [0.1, 0.15) is 0 Å². The minimum atomic E-state index is -0.194. The normalized spacial score (nSPS) is 20.1. The van der Waals surface area contributed by atoms with Crippen molar-refractivity contribution in [3.8, 4) is 0 Å². The molecule has 1 aliphatic heterocycles. The zero-order chi connectivity index (χ0) is 13.9. The average molecular weight is 261 g/mol. The van der Waals surface area contributed by atoms with Crippen molar-refractivity contribution in [2.24, 2.45) is 5.92 Å². The van der Waals surface area contributed by atoms with Crippen molar-refractivity contribution in [1.82, 2.24) is 4.90 Å². The van der Waals surface area contributed by atoms with Crippen molar-refractivity contribution in [3.63, 3.8) is 0 Å². The van der Waals surface area contributed by atoms with Crippen LogP contribution in [0.25, 0.3) is 0 Å². The van der Waals surface area contributed by atoms with E-state index in [0.717, 1.165) is 6.42 Å². The lowest BCUT2D eigenvalue weighted by molar-refractivity contribution is -0.150. The summed E-state index contributed by atoms with van der Waals surface area (Å²) in [5.74, 6) is 0.247. The van der Waals surface area contributed by atoms with Gasteiger partial charge in [0.2, 0.25) is 5.91 Å². The lowest BCUT2D eigenvalue weighted by Crippen LogP contribution is -2.57. The van der Waals surface area contributed by atoms with Crippen LogP contribution in [0.1, 0.15) is 26.3 Å². The second-order valence-corrected chi connectivity index (χ2v) is 5.95. The van der Waals surface area contributed by atoms with Gasteiger partial charge in [0.05, 0.1) is 18.8 Å². The minimum Gasteiger partial charge on any atom is -0.377 e. The highest BCUT2D eigenvalue weighted by Gasteiger charge is 2.35. The molecule has 0 N–H and O–H groups in total. The summed E-state index contributed by atoms with van der Waals surface area (Å²) in [6.45, 7) is 8.12. The van der Waals surface area contributed by atoms with Gasteiger partial charge in [-0.1, -0.05) is 37.3 Å². The molecule has 1 aromatic carbocycles. The molecule has 104 valence electrons. The summed E-state index contributed by atoms with van der Waals surface area (Å²) in [6.07, 6.45) is 0.799. The smallest absolute Gasteiger partial charge is 0.226 e. The summed E-state index contributed by atoms with van der Waals surface area (Å²) in [6, 6.07) is 10.2. The van der Waals surface area contributed by atoms with Crippen molar-refractivity contribution >= 4 is 5.91 Å². The van der Waals surface area contributed by atoms with Crippen LogP contribution in [0.3, 0.4) is 0 Å². The van der Waals surface area contributed by atoms with E-state index in [2.05, 4.69) is 26.0 Å². The maximum atomic E-state index is 12.6. The molecule has 1 atom stereocenters. The van der Waals surface area contributed by atoms with Gasteiger partial charge < -0.3 is 9.64 Å². The fourth-order valence-electron chi connectivity index (χ4n) is 2.59. The topological polar surface area (TPSA) is 29.5 Å². The summed E-state index contributed by atoms with van der Waals surface area (Å²) in [4.78, 5) is 14.6. The lowest BCUT2D eigenvalue weighted by Gasteiger charge is -2.43. The van der Waals surface area contributed by atoms with E-state index >= 15 is 0 Å². The summed E-state index contributed by atoms with van der Waals surface area (Å²) in [5, 5.41) is 0. The number of carbonyl (C=O) groups excluding carboxylic acids is 1. The third-order valence-corrected chi connectivity index (χ3v) is 3.72. The molecule has 0 saturated carbocycles. The minimum absolute atomic E-state index is 0.0137. The highest BCUT2D eigenvalue weighted by molar-refractivity contribution is 5.79.